The van der Waals surface area contributed by atoms with Gasteiger partial charge in [-0.05, 0) is 36.6 Å². The molecule has 2 heterocycles. The molecule has 0 radical (unpaired) electrons. The lowest BCUT2D eigenvalue weighted by molar-refractivity contribution is -0.130. The number of anilines is 1. The maximum Gasteiger partial charge on any atom is 0.246 e. The summed E-state index contributed by atoms with van der Waals surface area (Å²) in [6.07, 6.45) is 4.61. The summed E-state index contributed by atoms with van der Waals surface area (Å²) < 4.78 is 13.4. The molecule has 0 spiro atoms. The maximum atomic E-state index is 13.4. The summed E-state index contributed by atoms with van der Waals surface area (Å²) in [5, 5.41) is 5.15. The second kappa shape index (κ2) is 9.66. The SMILES string of the molecule is O=C(Nc1nc(-c2cccc(F)c2)cs1)C1CCN(C(=O)/C=C/c2ccccc2)CC1. The standard InChI is InChI=1S/C24H22FN3O2S/c25-20-8-4-7-19(15-20)21-16-31-24(26-21)27-23(30)18-11-13-28(14-12-18)22(29)10-9-17-5-2-1-3-6-17/h1-10,15-16,18H,11-14H2,(H,26,27,30)/b10-9+. The molecule has 0 bridgehead atoms. The number of aromatic nitrogens is 1. The molecule has 1 N–H and O–H groups in total. The van der Waals surface area contributed by atoms with E-state index in [1.807, 2.05) is 30.3 Å². The molecule has 0 unspecified atom stereocenters. The van der Waals surface area contributed by atoms with Crippen LogP contribution in [0.1, 0.15) is 18.4 Å². The Morgan fingerprint density at radius 1 is 1.10 bits per heavy atom. The van der Waals surface area contributed by atoms with Crippen molar-refractivity contribution in [2.45, 2.75) is 12.8 Å². The first-order valence-corrected chi connectivity index (χ1v) is 11.0. The number of piperidine rings is 1. The van der Waals surface area contributed by atoms with E-state index in [9.17, 15) is 14.0 Å². The second-order valence-electron chi connectivity index (χ2n) is 7.38. The molecule has 0 saturated carbocycles. The van der Waals surface area contributed by atoms with Gasteiger partial charge in [-0.1, -0.05) is 42.5 Å². The number of nitrogens with zero attached hydrogens (tertiary/aromatic N) is 2. The van der Waals surface area contributed by atoms with Crippen molar-refractivity contribution in [1.29, 1.82) is 0 Å². The van der Waals surface area contributed by atoms with Crippen LogP contribution in [0.2, 0.25) is 0 Å². The van der Waals surface area contributed by atoms with Crippen LogP contribution in [0.4, 0.5) is 9.52 Å². The Morgan fingerprint density at radius 2 is 1.87 bits per heavy atom. The first kappa shape index (κ1) is 20.9. The van der Waals surface area contributed by atoms with Crippen LogP contribution in [-0.4, -0.2) is 34.8 Å². The molecule has 2 amide bonds. The fourth-order valence-corrected chi connectivity index (χ4v) is 4.24. The van der Waals surface area contributed by atoms with Crippen molar-refractivity contribution in [3.05, 3.63) is 77.4 Å². The Bertz CT molecular complexity index is 1090. The fourth-order valence-electron chi connectivity index (χ4n) is 3.52. The number of amides is 2. The average Bonchev–Trinajstić information content (AvgIpc) is 3.27. The van der Waals surface area contributed by atoms with Gasteiger partial charge >= 0.3 is 0 Å². The number of nitrogens with one attached hydrogen (secondary N) is 1. The lowest BCUT2D eigenvalue weighted by Gasteiger charge is -2.30. The van der Waals surface area contributed by atoms with E-state index in [0.29, 0.717) is 42.3 Å². The van der Waals surface area contributed by atoms with E-state index >= 15 is 0 Å². The van der Waals surface area contributed by atoms with Crippen LogP contribution in [0.25, 0.3) is 17.3 Å². The Morgan fingerprint density at radius 3 is 2.61 bits per heavy atom. The van der Waals surface area contributed by atoms with Gasteiger partial charge in [0.25, 0.3) is 0 Å². The van der Waals surface area contributed by atoms with Crippen LogP contribution in [0.5, 0.6) is 0 Å². The van der Waals surface area contributed by atoms with Gasteiger partial charge in [0.05, 0.1) is 5.69 Å². The molecular formula is C24H22FN3O2S. The van der Waals surface area contributed by atoms with E-state index in [0.717, 1.165) is 5.56 Å². The summed E-state index contributed by atoms with van der Waals surface area (Å²) in [5.41, 5.74) is 2.28. The normalized spacial score (nSPS) is 14.7. The highest BCUT2D eigenvalue weighted by atomic mass is 32.1. The molecule has 1 aliphatic rings. The van der Waals surface area contributed by atoms with Crippen LogP contribution in [0.15, 0.2) is 66.1 Å². The third-order valence-electron chi connectivity index (χ3n) is 5.25. The third kappa shape index (κ3) is 5.44. The largest absolute Gasteiger partial charge is 0.339 e. The molecule has 7 heteroatoms. The summed E-state index contributed by atoms with van der Waals surface area (Å²) in [6, 6.07) is 15.9. The van der Waals surface area contributed by atoms with E-state index in [1.165, 1.54) is 23.5 Å². The molecule has 0 atom stereocenters. The molecule has 1 aromatic heterocycles. The molecule has 2 aromatic carbocycles. The first-order valence-electron chi connectivity index (χ1n) is 10.1. The number of carbonyl (C=O) groups is 2. The highest BCUT2D eigenvalue weighted by Gasteiger charge is 2.27. The smallest absolute Gasteiger partial charge is 0.246 e. The topological polar surface area (TPSA) is 62.3 Å². The average molecular weight is 436 g/mol. The van der Waals surface area contributed by atoms with Crippen molar-refractivity contribution < 1.29 is 14.0 Å². The van der Waals surface area contributed by atoms with Crippen molar-refractivity contribution in [2.24, 2.45) is 5.92 Å². The number of likely N-dealkylation sites (tertiary alicyclic amines) is 1. The Hall–Kier alpha value is -3.32. The Labute approximate surface area is 184 Å². The van der Waals surface area contributed by atoms with Gasteiger partial charge in [-0.15, -0.1) is 11.3 Å². The van der Waals surface area contributed by atoms with Crippen molar-refractivity contribution in [1.82, 2.24) is 9.88 Å². The predicted molar refractivity (Wildman–Crippen MR) is 121 cm³/mol. The highest BCUT2D eigenvalue weighted by Crippen LogP contribution is 2.27. The van der Waals surface area contributed by atoms with Gasteiger partial charge < -0.3 is 10.2 Å². The summed E-state index contributed by atoms with van der Waals surface area (Å²) in [6.45, 7) is 1.09. The minimum absolute atomic E-state index is 0.0395. The van der Waals surface area contributed by atoms with Crippen molar-refractivity contribution >= 4 is 34.4 Å². The number of rotatable bonds is 5. The van der Waals surface area contributed by atoms with E-state index in [1.54, 1.807) is 34.6 Å². The lowest BCUT2D eigenvalue weighted by atomic mass is 9.96. The number of carbonyl (C=O) groups excluding carboxylic acids is 2. The van der Waals surface area contributed by atoms with Crippen molar-refractivity contribution in [2.75, 3.05) is 18.4 Å². The maximum absolute atomic E-state index is 13.4. The molecule has 5 nitrogen and oxygen atoms in total. The Balaban J connectivity index is 1.29. The predicted octanol–water partition coefficient (Wildman–Crippen LogP) is 4.84. The van der Waals surface area contributed by atoms with Crippen LogP contribution >= 0.6 is 11.3 Å². The zero-order valence-electron chi connectivity index (χ0n) is 16.8. The minimum atomic E-state index is -0.323. The van der Waals surface area contributed by atoms with Gasteiger partial charge in [-0.2, -0.15) is 0 Å². The number of hydrogen-bond acceptors (Lipinski definition) is 4. The summed E-state index contributed by atoms with van der Waals surface area (Å²) in [4.78, 5) is 31.2. The van der Waals surface area contributed by atoms with E-state index in [-0.39, 0.29) is 23.5 Å². The van der Waals surface area contributed by atoms with E-state index in [2.05, 4.69) is 10.3 Å². The van der Waals surface area contributed by atoms with Crippen molar-refractivity contribution in [3.63, 3.8) is 0 Å². The molecule has 31 heavy (non-hydrogen) atoms. The number of halogens is 1. The zero-order chi connectivity index (χ0) is 21.6. The van der Waals surface area contributed by atoms with Crippen LogP contribution in [0.3, 0.4) is 0 Å². The van der Waals surface area contributed by atoms with Gasteiger partial charge in [-0.3, -0.25) is 9.59 Å². The van der Waals surface area contributed by atoms with Crippen LogP contribution in [-0.2, 0) is 9.59 Å². The Kier molecular flexibility index (Phi) is 6.52. The van der Waals surface area contributed by atoms with Gasteiger partial charge in [0.2, 0.25) is 11.8 Å². The number of hydrogen-bond donors (Lipinski definition) is 1. The van der Waals surface area contributed by atoms with Crippen LogP contribution in [0, 0.1) is 11.7 Å². The molecule has 158 valence electrons. The summed E-state index contributed by atoms with van der Waals surface area (Å²) in [5.74, 6) is -0.617. The molecular weight excluding hydrogens is 413 g/mol. The van der Waals surface area contributed by atoms with E-state index < -0.39 is 0 Å². The molecule has 0 aliphatic carbocycles. The lowest BCUT2D eigenvalue weighted by Crippen LogP contribution is -2.40. The van der Waals surface area contributed by atoms with Gasteiger partial charge in [-0.25, -0.2) is 9.37 Å². The molecule has 1 aliphatic heterocycles. The minimum Gasteiger partial charge on any atom is -0.339 e. The number of benzene rings is 2. The number of thiazole rings is 1. The highest BCUT2D eigenvalue weighted by molar-refractivity contribution is 7.14. The first-order chi connectivity index (χ1) is 15.1. The van der Waals surface area contributed by atoms with E-state index in [4.69, 9.17) is 0 Å². The fraction of sp³-hybridized carbons (Fsp3) is 0.208. The van der Waals surface area contributed by atoms with Gasteiger partial charge in [0.15, 0.2) is 5.13 Å². The molecule has 3 aromatic rings. The molecule has 4 rings (SSSR count). The molecule has 1 fully saturated rings. The third-order valence-corrected chi connectivity index (χ3v) is 6.01. The summed E-state index contributed by atoms with van der Waals surface area (Å²) >= 11 is 1.31. The zero-order valence-corrected chi connectivity index (χ0v) is 17.6. The van der Waals surface area contributed by atoms with Gasteiger partial charge in [0.1, 0.15) is 5.82 Å². The monoisotopic (exact) mass is 435 g/mol. The second-order valence-corrected chi connectivity index (χ2v) is 8.24. The summed E-state index contributed by atoms with van der Waals surface area (Å²) in [7, 11) is 0. The molecule has 1 saturated heterocycles. The quantitative estimate of drug-likeness (QED) is 0.584. The van der Waals surface area contributed by atoms with Crippen molar-refractivity contribution in [3.8, 4) is 11.3 Å². The van der Waals surface area contributed by atoms with Gasteiger partial charge in [0, 0.05) is 36.0 Å². The van der Waals surface area contributed by atoms with Crippen LogP contribution < -0.4 is 5.32 Å².